The minimum Gasteiger partial charge on any atom is -0.311 e. The van der Waals surface area contributed by atoms with Gasteiger partial charge < -0.3 is 9.80 Å². The second kappa shape index (κ2) is 18.4. The maximum Gasteiger partial charge on any atom is 0.252 e. The first kappa shape index (κ1) is 52.3. The molecule has 9 aromatic rings. The number of benzene rings is 9. The molecule has 0 N–H and O–H groups in total. The molecule has 0 bridgehead atoms. The summed E-state index contributed by atoms with van der Waals surface area (Å²) in [6.45, 7) is 35.1. The van der Waals surface area contributed by atoms with E-state index in [1.807, 2.05) is 0 Å². The average molecular weight is 1050 g/mol. The molecule has 0 radical (unpaired) electrons. The molecule has 0 aromatic heterocycles. The molecule has 2 aliphatic heterocycles. The highest BCUT2D eigenvalue weighted by molar-refractivity contribution is 7.00. The van der Waals surface area contributed by atoms with Crippen molar-refractivity contribution in [3.05, 3.63) is 263 Å². The summed E-state index contributed by atoms with van der Waals surface area (Å²) in [5, 5.41) is 0. The molecular formula is C78H75BN2. The lowest BCUT2D eigenvalue weighted by molar-refractivity contribution is 0.590. The van der Waals surface area contributed by atoms with Crippen molar-refractivity contribution in [3.63, 3.8) is 0 Å². The van der Waals surface area contributed by atoms with Crippen LogP contribution >= 0.6 is 0 Å². The Bertz CT molecular complexity index is 4120. The molecule has 400 valence electrons. The number of hydrogen-bond acceptors (Lipinski definition) is 2. The molecule has 0 atom stereocenters. The second-order valence-corrected chi connectivity index (χ2v) is 27.4. The first-order chi connectivity index (χ1) is 38.6. The van der Waals surface area contributed by atoms with Crippen molar-refractivity contribution in [2.24, 2.45) is 0 Å². The van der Waals surface area contributed by atoms with Gasteiger partial charge in [-0.2, -0.15) is 0 Å². The van der Waals surface area contributed by atoms with Gasteiger partial charge in [-0.15, -0.1) is 0 Å². The Morgan fingerprint density at radius 3 is 1.54 bits per heavy atom. The molecule has 0 fully saturated rings. The first-order valence-electron chi connectivity index (χ1n) is 29.3. The van der Waals surface area contributed by atoms with Gasteiger partial charge in [0.05, 0.1) is 5.70 Å². The molecule has 0 amide bonds. The predicted molar refractivity (Wildman–Crippen MR) is 350 cm³/mol. The largest absolute Gasteiger partial charge is 0.311 e. The van der Waals surface area contributed by atoms with E-state index in [0.29, 0.717) is 0 Å². The van der Waals surface area contributed by atoms with Gasteiger partial charge in [0.2, 0.25) is 0 Å². The number of anilines is 5. The van der Waals surface area contributed by atoms with Gasteiger partial charge in [-0.05, 0) is 164 Å². The third-order valence-corrected chi connectivity index (χ3v) is 18.6. The van der Waals surface area contributed by atoms with E-state index in [0.717, 1.165) is 22.5 Å². The zero-order valence-corrected chi connectivity index (χ0v) is 49.8. The van der Waals surface area contributed by atoms with Gasteiger partial charge in [-0.25, -0.2) is 0 Å². The summed E-state index contributed by atoms with van der Waals surface area (Å²) >= 11 is 0. The van der Waals surface area contributed by atoms with Crippen LogP contribution in [0, 0.1) is 0 Å². The summed E-state index contributed by atoms with van der Waals surface area (Å²) in [7, 11) is 0. The van der Waals surface area contributed by atoms with Crippen LogP contribution in [0.15, 0.2) is 213 Å². The van der Waals surface area contributed by atoms with Gasteiger partial charge >= 0.3 is 0 Å². The lowest BCUT2D eigenvalue weighted by Crippen LogP contribution is -2.62. The fourth-order valence-electron chi connectivity index (χ4n) is 14.0. The Morgan fingerprint density at radius 2 is 0.938 bits per heavy atom. The zero-order valence-electron chi connectivity index (χ0n) is 49.8. The van der Waals surface area contributed by atoms with E-state index >= 15 is 0 Å². The molecule has 2 heterocycles. The maximum atomic E-state index is 4.52. The van der Waals surface area contributed by atoms with Crippen LogP contribution in [-0.2, 0) is 27.1 Å². The molecule has 0 spiro atoms. The molecule has 0 unspecified atom stereocenters. The van der Waals surface area contributed by atoms with Crippen molar-refractivity contribution in [2.75, 3.05) is 9.80 Å². The number of nitrogens with zero attached hydrogens (tertiary/aromatic N) is 2. The summed E-state index contributed by atoms with van der Waals surface area (Å²) in [5.74, 6) is 0. The summed E-state index contributed by atoms with van der Waals surface area (Å²) in [4.78, 5) is 5.23. The Kier molecular flexibility index (Phi) is 11.9. The summed E-state index contributed by atoms with van der Waals surface area (Å²) in [6, 6.07) is 72.1. The Balaban J connectivity index is 1.07. The molecule has 9 aromatic carbocycles. The van der Waals surface area contributed by atoms with E-state index in [2.05, 4.69) is 313 Å². The molecule has 0 saturated carbocycles. The van der Waals surface area contributed by atoms with E-state index in [-0.39, 0.29) is 33.8 Å². The van der Waals surface area contributed by atoms with Crippen LogP contribution in [0.1, 0.15) is 140 Å². The van der Waals surface area contributed by atoms with Crippen LogP contribution in [0.4, 0.5) is 28.4 Å². The Labute approximate surface area is 483 Å². The minimum atomic E-state index is -0.189. The van der Waals surface area contributed by atoms with Crippen LogP contribution in [-0.4, -0.2) is 6.71 Å². The molecule has 2 nitrogen and oxygen atoms in total. The van der Waals surface area contributed by atoms with Crippen molar-refractivity contribution < 1.29 is 0 Å². The molecule has 81 heavy (non-hydrogen) atoms. The quantitative estimate of drug-likeness (QED) is 0.116. The van der Waals surface area contributed by atoms with Gasteiger partial charge in [0.1, 0.15) is 0 Å². The van der Waals surface area contributed by atoms with Crippen molar-refractivity contribution in [3.8, 4) is 33.4 Å². The highest BCUT2D eigenvalue weighted by atomic mass is 15.2. The summed E-state index contributed by atoms with van der Waals surface area (Å²) < 4.78 is 0. The molecule has 0 saturated heterocycles. The van der Waals surface area contributed by atoms with Gasteiger partial charge in [0, 0.05) is 39.3 Å². The van der Waals surface area contributed by atoms with Gasteiger partial charge in [0.15, 0.2) is 0 Å². The summed E-state index contributed by atoms with van der Waals surface area (Å²) in [6.07, 6.45) is 6.76. The first-order valence-corrected chi connectivity index (χ1v) is 29.3. The fraction of sp³-hybridized carbons (Fsp3) is 0.231. The molecule has 13 rings (SSSR count). The van der Waals surface area contributed by atoms with Gasteiger partial charge in [0.25, 0.3) is 6.71 Å². The number of fused-ring (bicyclic) bond motifs is 10. The molecule has 2 aliphatic carbocycles. The van der Waals surface area contributed by atoms with E-state index in [1.54, 1.807) is 0 Å². The van der Waals surface area contributed by atoms with Crippen molar-refractivity contribution in [1.82, 2.24) is 0 Å². The third kappa shape index (κ3) is 8.20. The van der Waals surface area contributed by atoms with Crippen LogP contribution in [0.5, 0.6) is 0 Å². The zero-order chi connectivity index (χ0) is 56.7. The van der Waals surface area contributed by atoms with Crippen LogP contribution < -0.4 is 26.2 Å². The minimum absolute atomic E-state index is 0.0363. The summed E-state index contributed by atoms with van der Waals surface area (Å²) in [5.41, 5.74) is 31.1. The van der Waals surface area contributed by atoms with Crippen LogP contribution in [0.3, 0.4) is 0 Å². The molecule has 3 heteroatoms. The Morgan fingerprint density at radius 1 is 0.444 bits per heavy atom. The Hall–Kier alpha value is -8.14. The van der Waals surface area contributed by atoms with Crippen molar-refractivity contribution in [2.45, 2.75) is 117 Å². The second-order valence-electron chi connectivity index (χ2n) is 27.4. The molecule has 4 aliphatic rings. The van der Waals surface area contributed by atoms with Crippen molar-refractivity contribution >= 4 is 62.8 Å². The normalized spacial score (nSPS) is 15.5. The van der Waals surface area contributed by atoms with Crippen LogP contribution in [0.2, 0.25) is 0 Å². The maximum absolute atomic E-state index is 4.52. The van der Waals surface area contributed by atoms with E-state index in [4.69, 9.17) is 0 Å². The number of rotatable bonds is 7. The van der Waals surface area contributed by atoms with Gasteiger partial charge in [-0.1, -0.05) is 260 Å². The number of hydrogen-bond donors (Lipinski definition) is 0. The average Bonchev–Trinajstić information content (AvgIpc) is 2.48. The predicted octanol–water partition coefficient (Wildman–Crippen LogP) is 18.9. The smallest absolute Gasteiger partial charge is 0.252 e. The monoisotopic (exact) mass is 1050 g/mol. The SMILES string of the molecule is C=C/C(=C\C=C(/c1ccccc1)N1c2cc(C(C)(C)C)ccc2B2c3ccc(C(C)(C)C)cc3N(c3ccc(-c4cccc5c4-c4ccccc4C5(C)C)cc3)c3cc(C(C)(C)C)cc1c32)c1cccc2c1-c1ccccc1C2(C)C. The number of allylic oxidation sites excluding steroid dienone is 4. The topological polar surface area (TPSA) is 6.48 Å². The highest BCUT2D eigenvalue weighted by Gasteiger charge is 2.46. The van der Waals surface area contributed by atoms with Crippen molar-refractivity contribution in [1.29, 1.82) is 0 Å². The lowest BCUT2D eigenvalue weighted by atomic mass is 9.33. The third-order valence-electron chi connectivity index (χ3n) is 18.6. The van der Waals surface area contributed by atoms with E-state index in [1.165, 1.54) is 117 Å². The standard InChI is InChI=1S/C78H75BN2/c1-15-49(56-29-23-33-62-71(56)58-27-19-21-31-60(58)77(62,11)12)37-44-66(51-25-17-16-18-26-51)81-68-46-53(75(5,6)7)39-43-65(68)79-64-42-38-52(74(2,3)4)45-67(64)80(69-47-54(76(8,9)10)48-70(81)73(69)79)55-40-35-50(36-41-55)57-30-24-34-63-72(57)59-28-20-22-32-61(59)78(63,13)14/h15-48H,1H2,2-14H3/b49-37+,66-44+. The molecular weight excluding hydrogens is 976 g/mol. The lowest BCUT2D eigenvalue weighted by Gasteiger charge is -2.46. The van der Waals surface area contributed by atoms with Gasteiger partial charge in [-0.3, -0.25) is 0 Å². The highest BCUT2D eigenvalue weighted by Crippen LogP contribution is 2.54. The fourth-order valence-corrected chi connectivity index (χ4v) is 14.0. The van der Waals surface area contributed by atoms with E-state index < -0.39 is 0 Å². The van der Waals surface area contributed by atoms with E-state index in [9.17, 15) is 0 Å². The van der Waals surface area contributed by atoms with Crippen LogP contribution in [0.25, 0.3) is 44.7 Å².